The fourth-order valence-corrected chi connectivity index (χ4v) is 4.40. The number of carboxylic acid groups (broad SMARTS) is 1. The highest BCUT2D eigenvalue weighted by Crippen LogP contribution is 2.26. The van der Waals surface area contributed by atoms with Gasteiger partial charge in [-0.3, -0.25) is 9.36 Å². The second-order valence-electron chi connectivity index (χ2n) is 9.29. The average Bonchev–Trinajstić information content (AvgIpc) is 2.80. The zero-order valence-electron chi connectivity index (χ0n) is 19.5. The molecule has 0 spiro atoms. The van der Waals surface area contributed by atoms with E-state index in [0.717, 1.165) is 24.0 Å². The van der Waals surface area contributed by atoms with E-state index in [-0.39, 0.29) is 11.5 Å². The van der Waals surface area contributed by atoms with Gasteiger partial charge in [0.2, 0.25) is 0 Å². The lowest BCUT2D eigenvalue weighted by Crippen LogP contribution is -2.41. The third-order valence-corrected chi connectivity index (χ3v) is 6.13. The summed E-state index contributed by atoms with van der Waals surface area (Å²) in [7, 11) is 0. The molecule has 3 aromatic rings. The number of likely N-dealkylation sites (tertiary alicyclic amines) is 1. The summed E-state index contributed by atoms with van der Waals surface area (Å²) < 4.78 is 7.58. The van der Waals surface area contributed by atoms with Crippen molar-refractivity contribution >= 4 is 17.0 Å². The van der Waals surface area contributed by atoms with Crippen molar-refractivity contribution in [3.05, 3.63) is 58.4 Å². The largest absolute Gasteiger partial charge is 0.493 e. The van der Waals surface area contributed by atoms with Crippen LogP contribution in [0, 0.1) is 18.8 Å². The number of carbonyl (C=O) groups is 1. The summed E-state index contributed by atoms with van der Waals surface area (Å²) in [6.07, 6.45) is 0.758. The van der Waals surface area contributed by atoms with Gasteiger partial charge in [0.05, 0.1) is 17.5 Å². The first-order valence-electron chi connectivity index (χ1n) is 11.5. The van der Waals surface area contributed by atoms with Gasteiger partial charge in [0, 0.05) is 25.2 Å². The van der Waals surface area contributed by atoms with Crippen LogP contribution in [0.15, 0.2) is 47.3 Å². The molecule has 4 rings (SSSR count). The third kappa shape index (κ3) is 5.02. The second-order valence-corrected chi connectivity index (χ2v) is 9.29. The van der Waals surface area contributed by atoms with E-state index in [1.54, 1.807) is 10.6 Å². The summed E-state index contributed by atoms with van der Waals surface area (Å²) in [5.74, 6) is 1.70. The number of aromatic nitrogens is 2. The zero-order valence-corrected chi connectivity index (χ0v) is 19.5. The molecule has 0 saturated carbocycles. The van der Waals surface area contributed by atoms with Gasteiger partial charge in [-0.25, -0.2) is 9.78 Å². The number of nitrogens with zero attached hydrogens (tertiary/aromatic N) is 3. The van der Waals surface area contributed by atoms with Crippen LogP contribution in [0.25, 0.3) is 22.3 Å². The van der Waals surface area contributed by atoms with Crippen LogP contribution in [-0.4, -0.2) is 45.3 Å². The van der Waals surface area contributed by atoms with Crippen molar-refractivity contribution in [3.63, 3.8) is 0 Å². The molecule has 1 amide bonds. The lowest BCUT2D eigenvalue weighted by Gasteiger charge is -2.31. The maximum atomic E-state index is 13.8. The molecule has 1 atom stereocenters. The fraction of sp³-hybridized carbons (Fsp3) is 0.423. The van der Waals surface area contributed by atoms with Gasteiger partial charge in [0.1, 0.15) is 11.6 Å². The van der Waals surface area contributed by atoms with Crippen molar-refractivity contribution in [2.24, 2.45) is 11.8 Å². The molecule has 2 heterocycles. The Kier molecular flexibility index (Phi) is 6.67. The highest BCUT2D eigenvalue weighted by atomic mass is 16.5. The maximum Gasteiger partial charge on any atom is 0.407 e. The maximum absolute atomic E-state index is 13.8. The Morgan fingerprint density at radius 1 is 1.24 bits per heavy atom. The van der Waals surface area contributed by atoms with Crippen molar-refractivity contribution in [1.29, 1.82) is 0 Å². The Labute approximate surface area is 193 Å². The quantitative estimate of drug-likeness (QED) is 0.585. The van der Waals surface area contributed by atoms with Gasteiger partial charge >= 0.3 is 6.09 Å². The first-order valence-corrected chi connectivity index (χ1v) is 11.5. The van der Waals surface area contributed by atoms with Gasteiger partial charge < -0.3 is 14.7 Å². The molecule has 1 saturated heterocycles. The molecule has 0 bridgehead atoms. The molecule has 7 nitrogen and oxygen atoms in total. The van der Waals surface area contributed by atoms with E-state index >= 15 is 0 Å². The van der Waals surface area contributed by atoms with Crippen LogP contribution in [0.5, 0.6) is 5.75 Å². The van der Waals surface area contributed by atoms with Gasteiger partial charge in [0.25, 0.3) is 5.56 Å². The fourth-order valence-electron chi connectivity index (χ4n) is 4.40. The summed E-state index contributed by atoms with van der Waals surface area (Å²) in [6.45, 7) is 8.12. The van der Waals surface area contributed by atoms with Crippen LogP contribution in [0.2, 0.25) is 0 Å². The van der Waals surface area contributed by atoms with E-state index in [2.05, 4.69) is 13.8 Å². The van der Waals surface area contributed by atoms with Crippen LogP contribution in [-0.2, 0) is 6.54 Å². The normalized spacial score (nSPS) is 16.4. The standard InChI is InChI=1S/C26H31N3O4/c1-17(2)16-33-20-10-11-23-22(13-20)25(30)29(15-19-8-6-12-28(14-19)26(31)32)24(27-23)21-9-5-4-7-18(21)3/h4-5,7,9-11,13,17,19H,6,8,12,14-16H2,1-3H3,(H,31,32)/t19-/m1/s1. The minimum absolute atomic E-state index is 0.0509. The van der Waals surface area contributed by atoms with Crippen molar-refractivity contribution in [2.45, 2.75) is 40.2 Å². The lowest BCUT2D eigenvalue weighted by atomic mass is 9.97. The molecule has 0 aliphatic carbocycles. The first kappa shape index (κ1) is 22.8. The third-order valence-electron chi connectivity index (χ3n) is 6.13. The molecule has 1 aliphatic heterocycles. The minimum Gasteiger partial charge on any atom is -0.493 e. The number of amides is 1. The van der Waals surface area contributed by atoms with E-state index in [4.69, 9.17) is 9.72 Å². The van der Waals surface area contributed by atoms with Crippen molar-refractivity contribution < 1.29 is 14.6 Å². The number of aryl methyl sites for hydroxylation is 1. The Balaban J connectivity index is 1.81. The first-order chi connectivity index (χ1) is 15.8. The number of hydrogen-bond donors (Lipinski definition) is 1. The van der Waals surface area contributed by atoms with E-state index < -0.39 is 6.09 Å². The van der Waals surface area contributed by atoms with Gasteiger partial charge in [-0.2, -0.15) is 0 Å². The SMILES string of the molecule is Cc1ccccc1-c1nc2ccc(OCC(C)C)cc2c(=O)n1C[C@@H]1CCCN(C(=O)O)C1. The molecule has 174 valence electrons. The van der Waals surface area contributed by atoms with E-state index in [1.165, 1.54) is 4.90 Å². The summed E-state index contributed by atoms with van der Waals surface area (Å²) in [6, 6.07) is 13.4. The molecule has 1 N–H and O–H groups in total. The Morgan fingerprint density at radius 2 is 2.03 bits per heavy atom. The smallest absolute Gasteiger partial charge is 0.407 e. The van der Waals surface area contributed by atoms with Crippen molar-refractivity contribution in [2.75, 3.05) is 19.7 Å². The van der Waals surface area contributed by atoms with Crippen LogP contribution in [0.4, 0.5) is 4.79 Å². The zero-order chi connectivity index (χ0) is 23.5. The van der Waals surface area contributed by atoms with Gasteiger partial charge in [-0.15, -0.1) is 0 Å². The predicted octanol–water partition coefficient (Wildman–Crippen LogP) is 4.80. The van der Waals surface area contributed by atoms with Crippen molar-refractivity contribution in [3.8, 4) is 17.1 Å². The molecule has 1 aromatic heterocycles. The monoisotopic (exact) mass is 449 g/mol. The predicted molar refractivity (Wildman–Crippen MR) is 129 cm³/mol. The second kappa shape index (κ2) is 9.65. The van der Waals surface area contributed by atoms with Gasteiger partial charge in [-0.1, -0.05) is 38.1 Å². The van der Waals surface area contributed by atoms with E-state index in [1.807, 2.05) is 43.3 Å². The number of piperidine rings is 1. The number of rotatable bonds is 6. The number of benzene rings is 2. The van der Waals surface area contributed by atoms with Crippen LogP contribution >= 0.6 is 0 Å². The van der Waals surface area contributed by atoms with E-state index in [0.29, 0.717) is 54.6 Å². The molecular formula is C26H31N3O4. The Bertz CT molecular complexity index is 1220. The highest BCUT2D eigenvalue weighted by Gasteiger charge is 2.25. The average molecular weight is 450 g/mol. The Morgan fingerprint density at radius 3 is 2.76 bits per heavy atom. The molecule has 1 fully saturated rings. The number of fused-ring (bicyclic) bond motifs is 1. The number of ether oxygens (including phenoxy) is 1. The van der Waals surface area contributed by atoms with Crippen molar-refractivity contribution in [1.82, 2.24) is 14.5 Å². The molecule has 2 aromatic carbocycles. The van der Waals surface area contributed by atoms with Gasteiger partial charge in [0.15, 0.2) is 0 Å². The van der Waals surface area contributed by atoms with E-state index in [9.17, 15) is 14.7 Å². The molecule has 1 aliphatic rings. The van der Waals surface area contributed by atoms with Crippen LogP contribution in [0.1, 0.15) is 32.3 Å². The summed E-state index contributed by atoms with van der Waals surface area (Å²) in [4.78, 5) is 31.6. The molecule has 0 radical (unpaired) electrons. The highest BCUT2D eigenvalue weighted by molar-refractivity contribution is 5.81. The Hall–Kier alpha value is -3.35. The molecular weight excluding hydrogens is 418 g/mol. The van der Waals surface area contributed by atoms with Crippen LogP contribution < -0.4 is 10.3 Å². The van der Waals surface area contributed by atoms with Gasteiger partial charge in [-0.05, 0) is 55.4 Å². The summed E-state index contributed by atoms with van der Waals surface area (Å²) in [5, 5.41) is 9.95. The summed E-state index contributed by atoms with van der Waals surface area (Å²) in [5.41, 5.74) is 2.44. The molecule has 7 heteroatoms. The molecule has 33 heavy (non-hydrogen) atoms. The summed E-state index contributed by atoms with van der Waals surface area (Å²) >= 11 is 0. The lowest BCUT2D eigenvalue weighted by molar-refractivity contribution is 0.116. The molecule has 0 unspecified atom stereocenters. The van der Waals surface area contributed by atoms with Crippen LogP contribution in [0.3, 0.4) is 0 Å². The topological polar surface area (TPSA) is 84.7 Å². The number of hydrogen-bond acceptors (Lipinski definition) is 4. The minimum atomic E-state index is -0.908.